The van der Waals surface area contributed by atoms with E-state index in [0.29, 0.717) is 18.3 Å². The summed E-state index contributed by atoms with van der Waals surface area (Å²) in [6.45, 7) is 2.69. The molecule has 6 heteroatoms. The maximum Gasteiger partial charge on any atom is 0.226 e. The number of aryl methyl sites for hydroxylation is 1. The van der Waals surface area contributed by atoms with E-state index in [-0.39, 0.29) is 0 Å². The van der Waals surface area contributed by atoms with E-state index in [1.165, 1.54) is 6.42 Å². The van der Waals surface area contributed by atoms with Gasteiger partial charge in [-0.3, -0.25) is 4.98 Å². The normalized spacial score (nSPS) is 16.7. The van der Waals surface area contributed by atoms with Gasteiger partial charge in [0.05, 0.1) is 0 Å². The fourth-order valence-corrected chi connectivity index (χ4v) is 3.14. The third kappa shape index (κ3) is 4.26. The first-order valence-electron chi connectivity index (χ1n) is 9.02. The Morgan fingerprint density at radius 1 is 1.23 bits per heavy atom. The number of ether oxygens (including phenoxy) is 1. The van der Waals surface area contributed by atoms with Gasteiger partial charge in [0.1, 0.15) is 12.4 Å². The van der Waals surface area contributed by atoms with Gasteiger partial charge in [-0.1, -0.05) is 23.4 Å². The third-order valence-corrected chi connectivity index (χ3v) is 4.62. The Morgan fingerprint density at radius 2 is 2.23 bits per heavy atom. The second kappa shape index (κ2) is 8.10. The zero-order chi connectivity index (χ0) is 17.6. The molecule has 1 aromatic carbocycles. The van der Waals surface area contributed by atoms with E-state index in [1.807, 2.05) is 36.4 Å². The van der Waals surface area contributed by atoms with Crippen molar-refractivity contribution in [2.45, 2.75) is 25.9 Å². The molecule has 1 saturated heterocycles. The van der Waals surface area contributed by atoms with Crippen LogP contribution in [0.25, 0.3) is 11.4 Å². The van der Waals surface area contributed by atoms with Crippen molar-refractivity contribution in [3.8, 4) is 17.1 Å². The Morgan fingerprint density at radius 3 is 3.08 bits per heavy atom. The van der Waals surface area contributed by atoms with Gasteiger partial charge in [0.2, 0.25) is 11.7 Å². The molecule has 0 amide bonds. The lowest BCUT2D eigenvalue weighted by Crippen LogP contribution is -2.09. The monoisotopic (exact) mass is 350 g/mol. The van der Waals surface area contributed by atoms with Crippen molar-refractivity contribution in [2.75, 3.05) is 13.1 Å². The second-order valence-corrected chi connectivity index (χ2v) is 6.59. The first-order chi connectivity index (χ1) is 12.9. The molecule has 0 spiro atoms. The van der Waals surface area contributed by atoms with E-state index in [1.54, 1.807) is 12.4 Å². The largest absolute Gasteiger partial charge is 0.489 e. The molecule has 134 valence electrons. The van der Waals surface area contributed by atoms with Gasteiger partial charge in [0, 0.05) is 29.9 Å². The maximum atomic E-state index is 5.84. The molecule has 1 aliphatic rings. The standard InChI is InChI=1S/C20H22N4O2/c1-4-17(11-18(5-1)25-14-16-3-2-9-21-13-16)20-23-19(26-24-20)7-6-15-8-10-22-12-15/h1-5,9,11,13,15,22H,6-8,10,12,14H2. The molecule has 1 fully saturated rings. The Kier molecular flexibility index (Phi) is 5.21. The molecule has 1 N–H and O–H groups in total. The fraction of sp³-hybridized carbons (Fsp3) is 0.350. The zero-order valence-corrected chi connectivity index (χ0v) is 14.6. The molecule has 3 aromatic rings. The van der Waals surface area contributed by atoms with Gasteiger partial charge in [0.25, 0.3) is 0 Å². The van der Waals surface area contributed by atoms with Crippen LogP contribution >= 0.6 is 0 Å². The summed E-state index contributed by atoms with van der Waals surface area (Å²) in [6, 6.07) is 11.7. The van der Waals surface area contributed by atoms with Crippen LogP contribution < -0.4 is 10.1 Å². The lowest BCUT2D eigenvalue weighted by molar-refractivity contribution is 0.306. The molecule has 1 atom stereocenters. The Labute approximate surface area is 152 Å². The minimum absolute atomic E-state index is 0.476. The number of nitrogens with one attached hydrogen (secondary N) is 1. The van der Waals surface area contributed by atoms with Crippen molar-refractivity contribution < 1.29 is 9.26 Å². The van der Waals surface area contributed by atoms with E-state index in [2.05, 4.69) is 20.4 Å². The van der Waals surface area contributed by atoms with Crippen molar-refractivity contribution in [3.05, 3.63) is 60.2 Å². The molecular weight excluding hydrogens is 328 g/mol. The average molecular weight is 350 g/mol. The highest BCUT2D eigenvalue weighted by molar-refractivity contribution is 5.56. The summed E-state index contributed by atoms with van der Waals surface area (Å²) in [5.41, 5.74) is 1.92. The first kappa shape index (κ1) is 16.7. The predicted octanol–water partition coefficient (Wildman–Crippen LogP) is 3.25. The van der Waals surface area contributed by atoms with Gasteiger partial charge in [0.15, 0.2) is 0 Å². The number of benzene rings is 1. The average Bonchev–Trinajstić information content (AvgIpc) is 3.38. The lowest BCUT2D eigenvalue weighted by Gasteiger charge is -2.06. The molecule has 0 aliphatic carbocycles. The summed E-state index contributed by atoms with van der Waals surface area (Å²) in [5, 5.41) is 7.51. The Hall–Kier alpha value is -2.73. The second-order valence-electron chi connectivity index (χ2n) is 6.59. The topological polar surface area (TPSA) is 73.1 Å². The molecule has 0 saturated carbocycles. The van der Waals surface area contributed by atoms with E-state index in [9.17, 15) is 0 Å². The molecule has 4 rings (SSSR count). The molecule has 1 unspecified atom stereocenters. The summed E-state index contributed by atoms with van der Waals surface area (Å²) in [7, 11) is 0. The van der Waals surface area contributed by atoms with E-state index >= 15 is 0 Å². The van der Waals surface area contributed by atoms with E-state index < -0.39 is 0 Å². The number of rotatable bonds is 7. The van der Waals surface area contributed by atoms with Crippen molar-refractivity contribution in [3.63, 3.8) is 0 Å². The molecule has 0 radical (unpaired) electrons. The van der Waals surface area contributed by atoms with Crippen LogP contribution in [-0.2, 0) is 13.0 Å². The Bertz CT molecular complexity index is 829. The third-order valence-electron chi connectivity index (χ3n) is 4.62. The van der Waals surface area contributed by atoms with Gasteiger partial charge in [-0.15, -0.1) is 0 Å². The number of pyridine rings is 1. The molecule has 3 heterocycles. The van der Waals surface area contributed by atoms with E-state index in [4.69, 9.17) is 9.26 Å². The van der Waals surface area contributed by atoms with Gasteiger partial charge >= 0.3 is 0 Å². The Balaban J connectivity index is 1.38. The fourth-order valence-electron chi connectivity index (χ4n) is 3.14. The van der Waals surface area contributed by atoms with Crippen LogP contribution in [0, 0.1) is 5.92 Å². The van der Waals surface area contributed by atoms with Crippen LogP contribution in [0.3, 0.4) is 0 Å². The summed E-state index contributed by atoms with van der Waals surface area (Å²) in [5.74, 6) is 2.80. The number of hydrogen-bond acceptors (Lipinski definition) is 6. The van der Waals surface area contributed by atoms with Gasteiger partial charge < -0.3 is 14.6 Å². The van der Waals surface area contributed by atoms with Crippen LogP contribution in [0.1, 0.15) is 24.3 Å². The number of nitrogens with zero attached hydrogens (tertiary/aromatic N) is 3. The van der Waals surface area contributed by atoms with Crippen molar-refractivity contribution >= 4 is 0 Å². The van der Waals surface area contributed by atoms with Crippen LogP contribution in [0.15, 0.2) is 53.3 Å². The molecular formula is C20H22N4O2. The van der Waals surface area contributed by atoms with Gasteiger partial charge in [-0.05, 0) is 50.0 Å². The first-order valence-corrected chi connectivity index (χ1v) is 9.02. The minimum atomic E-state index is 0.476. The highest BCUT2D eigenvalue weighted by Gasteiger charge is 2.16. The van der Waals surface area contributed by atoms with Gasteiger partial charge in [-0.2, -0.15) is 4.98 Å². The predicted molar refractivity (Wildman–Crippen MR) is 97.6 cm³/mol. The summed E-state index contributed by atoms with van der Waals surface area (Å²) >= 11 is 0. The molecule has 6 nitrogen and oxygen atoms in total. The summed E-state index contributed by atoms with van der Waals surface area (Å²) in [4.78, 5) is 8.63. The van der Waals surface area contributed by atoms with Crippen LogP contribution in [0.4, 0.5) is 0 Å². The zero-order valence-electron chi connectivity index (χ0n) is 14.6. The maximum absolute atomic E-state index is 5.84. The highest BCUT2D eigenvalue weighted by Crippen LogP contribution is 2.23. The van der Waals surface area contributed by atoms with Crippen LogP contribution in [0.2, 0.25) is 0 Å². The quantitative estimate of drug-likeness (QED) is 0.705. The van der Waals surface area contributed by atoms with Crippen LogP contribution in [-0.4, -0.2) is 28.2 Å². The summed E-state index contributed by atoms with van der Waals surface area (Å²) in [6.07, 6.45) is 6.70. The van der Waals surface area contributed by atoms with Gasteiger partial charge in [-0.25, -0.2) is 0 Å². The molecule has 1 aliphatic heterocycles. The lowest BCUT2D eigenvalue weighted by atomic mass is 10.0. The molecule has 26 heavy (non-hydrogen) atoms. The molecule has 0 bridgehead atoms. The van der Waals surface area contributed by atoms with Crippen molar-refractivity contribution in [1.82, 2.24) is 20.4 Å². The van der Waals surface area contributed by atoms with E-state index in [0.717, 1.165) is 48.7 Å². The smallest absolute Gasteiger partial charge is 0.226 e. The summed E-state index contributed by atoms with van der Waals surface area (Å²) < 4.78 is 11.3. The van der Waals surface area contributed by atoms with Crippen molar-refractivity contribution in [1.29, 1.82) is 0 Å². The SMILES string of the molecule is c1cncc(COc2cccc(-c3noc(CCC4CCNC4)n3)c2)c1. The number of aromatic nitrogens is 3. The van der Waals surface area contributed by atoms with Crippen molar-refractivity contribution in [2.24, 2.45) is 5.92 Å². The van der Waals surface area contributed by atoms with Crippen LogP contribution in [0.5, 0.6) is 5.75 Å². The highest BCUT2D eigenvalue weighted by atomic mass is 16.5. The number of hydrogen-bond donors (Lipinski definition) is 1. The minimum Gasteiger partial charge on any atom is -0.489 e. The molecule has 2 aromatic heterocycles.